The first kappa shape index (κ1) is 24.2. The number of hydrogen-bond acceptors (Lipinski definition) is 5. The summed E-state index contributed by atoms with van der Waals surface area (Å²) in [5.74, 6) is 2.51. The van der Waals surface area contributed by atoms with Crippen molar-refractivity contribution in [3.8, 4) is 5.75 Å². The zero-order chi connectivity index (χ0) is 20.5. The Bertz CT molecular complexity index is 782. The van der Waals surface area contributed by atoms with E-state index in [1.807, 2.05) is 49.5 Å². The summed E-state index contributed by atoms with van der Waals surface area (Å²) in [5.41, 5.74) is 0.799. The summed E-state index contributed by atoms with van der Waals surface area (Å²) in [4.78, 5) is 11.3. The Hall–Kier alpha value is -2.07. The second kappa shape index (κ2) is 12.6. The average molecular weight is 525 g/mol. The fraction of sp³-hybridized carbons (Fsp3) is 0.455. The van der Waals surface area contributed by atoms with E-state index in [0.29, 0.717) is 6.04 Å². The van der Waals surface area contributed by atoms with E-state index in [9.17, 15) is 5.11 Å². The number of nitrogens with zero attached hydrogens (tertiary/aromatic N) is 3. The molecule has 0 bridgehead atoms. The Morgan fingerprint density at radius 3 is 2.73 bits per heavy atom. The maximum absolute atomic E-state index is 10.5. The number of rotatable bonds is 7. The Kier molecular flexibility index (Phi) is 10.2. The lowest BCUT2D eigenvalue weighted by Gasteiger charge is -2.33. The van der Waals surface area contributed by atoms with Gasteiger partial charge in [-0.3, -0.25) is 4.99 Å². The molecule has 0 saturated carbocycles. The molecule has 1 aromatic carbocycles. The molecule has 1 unspecified atom stereocenters. The molecule has 1 saturated heterocycles. The largest absolute Gasteiger partial charge is 0.497 e. The van der Waals surface area contributed by atoms with Crippen LogP contribution < -0.4 is 20.3 Å². The van der Waals surface area contributed by atoms with Gasteiger partial charge in [-0.05, 0) is 49.6 Å². The molecule has 1 fully saturated rings. The maximum Gasteiger partial charge on any atom is 0.191 e. The van der Waals surface area contributed by atoms with E-state index < -0.39 is 6.10 Å². The van der Waals surface area contributed by atoms with Crippen LogP contribution in [0.3, 0.4) is 0 Å². The van der Waals surface area contributed by atoms with Gasteiger partial charge in [0.25, 0.3) is 0 Å². The van der Waals surface area contributed by atoms with Gasteiger partial charge in [-0.15, -0.1) is 24.0 Å². The highest BCUT2D eigenvalue weighted by atomic mass is 127. The van der Waals surface area contributed by atoms with Crippen LogP contribution in [0.4, 0.5) is 5.82 Å². The normalized spacial score (nSPS) is 15.8. The third-order valence-corrected chi connectivity index (χ3v) is 5.05. The maximum atomic E-state index is 10.5. The molecule has 164 valence electrons. The lowest BCUT2D eigenvalue weighted by Crippen LogP contribution is -2.49. The van der Waals surface area contributed by atoms with Gasteiger partial charge in [0.15, 0.2) is 5.96 Å². The molecule has 1 aliphatic rings. The summed E-state index contributed by atoms with van der Waals surface area (Å²) in [6.45, 7) is 5.02. The minimum Gasteiger partial charge on any atom is -0.497 e. The molecule has 0 aliphatic carbocycles. The third kappa shape index (κ3) is 7.02. The summed E-state index contributed by atoms with van der Waals surface area (Å²) in [5, 5.41) is 17.3. The molecular weight excluding hydrogens is 493 g/mol. The molecule has 3 N–H and O–H groups in total. The third-order valence-electron chi connectivity index (χ3n) is 5.05. The summed E-state index contributed by atoms with van der Waals surface area (Å²) in [6.07, 6.45) is 3.19. The molecule has 0 amide bonds. The molecule has 0 radical (unpaired) electrons. The topological polar surface area (TPSA) is 82.0 Å². The lowest BCUT2D eigenvalue weighted by atomic mass is 10.1. The number of halogens is 1. The highest BCUT2D eigenvalue weighted by Crippen LogP contribution is 2.20. The zero-order valence-electron chi connectivity index (χ0n) is 17.6. The van der Waals surface area contributed by atoms with E-state index in [0.717, 1.165) is 55.6 Å². The van der Waals surface area contributed by atoms with Gasteiger partial charge in [0, 0.05) is 31.9 Å². The van der Waals surface area contributed by atoms with Gasteiger partial charge in [0.2, 0.25) is 0 Å². The quantitative estimate of drug-likeness (QED) is 0.293. The van der Waals surface area contributed by atoms with Crippen LogP contribution in [0.1, 0.15) is 31.4 Å². The molecular formula is C22H32IN5O2. The fourth-order valence-electron chi connectivity index (χ4n) is 3.44. The summed E-state index contributed by atoms with van der Waals surface area (Å²) in [7, 11) is 1.62. The van der Waals surface area contributed by atoms with E-state index in [1.165, 1.54) is 0 Å². The highest BCUT2D eigenvalue weighted by Gasteiger charge is 2.21. The number of aliphatic imine (C=N–C) groups is 1. The summed E-state index contributed by atoms with van der Waals surface area (Å²) >= 11 is 0. The van der Waals surface area contributed by atoms with Gasteiger partial charge >= 0.3 is 0 Å². The van der Waals surface area contributed by atoms with Crippen molar-refractivity contribution >= 4 is 35.8 Å². The van der Waals surface area contributed by atoms with E-state index in [2.05, 4.69) is 31.6 Å². The van der Waals surface area contributed by atoms with Crippen molar-refractivity contribution < 1.29 is 9.84 Å². The Labute approximate surface area is 196 Å². The average Bonchev–Trinajstić information content (AvgIpc) is 2.78. The number of aromatic nitrogens is 1. The number of aliphatic hydroxyl groups is 1. The monoisotopic (exact) mass is 525 g/mol. The highest BCUT2D eigenvalue weighted by molar-refractivity contribution is 14.0. The van der Waals surface area contributed by atoms with Crippen molar-refractivity contribution in [2.75, 3.05) is 38.2 Å². The number of pyridine rings is 1. The Balaban J connectivity index is 0.00000320. The Morgan fingerprint density at radius 2 is 2.07 bits per heavy atom. The number of ether oxygens (including phenoxy) is 1. The number of aliphatic hydroxyl groups excluding tert-OH is 1. The molecule has 8 heteroatoms. The molecule has 0 spiro atoms. The zero-order valence-corrected chi connectivity index (χ0v) is 20.0. The van der Waals surface area contributed by atoms with Crippen LogP contribution in [0, 0.1) is 0 Å². The van der Waals surface area contributed by atoms with Gasteiger partial charge in [-0.2, -0.15) is 0 Å². The summed E-state index contributed by atoms with van der Waals surface area (Å²) < 4.78 is 5.23. The first-order valence-electron chi connectivity index (χ1n) is 10.2. The molecule has 1 aliphatic heterocycles. The molecule has 2 aromatic rings. The van der Waals surface area contributed by atoms with E-state index in [1.54, 1.807) is 7.11 Å². The minimum absolute atomic E-state index is 0. The first-order chi connectivity index (χ1) is 14.2. The van der Waals surface area contributed by atoms with Gasteiger partial charge in [-0.25, -0.2) is 4.98 Å². The number of nitrogens with one attached hydrogen (secondary N) is 2. The van der Waals surface area contributed by atoms with E-state index >= 15 is 0 Å². The fourth-order valence-corrected chi connectivity index (χ4v) is 3.44. The van der Waals surface area contributed by atoms with Crippen molar-refractivity contribution in [1.29, 1.82) is 0 Å². The van der Waals surface area contributed by atoms with Crippen LogP contribution in [-0.4, -0.2) is 55.4 Å². The van der Waals surface area contributed by atoms with Crippen molar-refractivity contribution in [3.63, 3.8) is 0 Å². The standard InChI is InChI=1S/C22H31N5O2.HI/c1-3-23-22(25-16-20(28)17-7-6-8-19(15-17)29-2)26-18-10-13-27(14-11-18)21-9-4-5-12-24-21;/h4-9,12,15,18,20,28H,3,10-11,13-14,16H2,1-2H3,(H2,23,25,26);1H. The van der Waals surface area contributed by atoms with Crippen LogP contribution in [-0.2, 0) is 0 Å². The molecule has 1 aromatic heterocycles. The molecule has 1 atom stereocenters. The van der Waals surface area contributed by atoms with Crippen molar-refractivity contribution in [2.24, 2.45) is 4.99 Å². The van der Waals surface area contributed by atoms with Crippen LogP contribution in [0.25, 0.3) is 0 Å². The van der Waals surface area contributed by atoms with Gasteiger partial charge in [-0.1, -0.05) is 18.2 Å². The number of anilines is 1. The molecule has 3 rings (SSSR count). The predicted octanol–water partition coefficient (Wildman–Crippen LogP) is 2.97. The summed E-state index contributed by atoms with van der Waals surface area (Å²) in [6, 6.07) is 13.8. The smallest absolute Gasteiger partial charge is 0.191 e. The SMILES string of the molecule is CCNC(=NCC(O)c1cccc(OC)c1)NC1CCN(c2ccccn2)CC1.I. The molecule has 2 heterocycles. The predicted molar refractivity (Wildman–Crippen MR) is 132 cm³/mol. The van der Waals surface area contributed by atoms with Crippen LogP contribution in [0.2, 0.25) is 0 Å². The van der Waals surface area contributed by atoms with Crippen LogP contribution in [0.5, 0.6) is 5.75 Å². The van der Waals surface area contributed by atoms with Crippen molar-refractivity contribution in [1.82, 2.24) is 15.6 Å². The molecule has 30 heavy (non-hydrogen) atoms. The van der Waals surface area contributed by atoms with Crippen LogP contribution in [0.15, 0.2) is 53.7 Å². The second-order valence-corrected chi connectivity index (χ2v) is 7.11. The van der Waals surface area contributed by atoms with E-state index in [-0.39, 0.29) is 30.5 Å². The number of piperidine rings is 1. The minimum atomic E-state index is -0.674. The van der Waals surface area contributed by atoms with Crippen molar-refractivity contribution in [2.45, 2.75) is 31.9 Å². The second-order valence-electron chi connectivity index (χ2n) is 7.11. The van der Waals surface area contributed by atoms with Gasteiger partial charge < -0.3 is 25.4 Å². The number of methoxy groups -OCH3 is 1. The number of hydrogen-bond donors (Lipinski definition) is 3. The Morgan fingerprint density at radius 1 is 1.27 bits per heavy atom. The first-order valence-corrected chi connectivity index (χ1v) is 10.2. The van der Waals surface area contributed by atoms with Gasteiger partial charge in [0.1, 0.15) is 11.6 Å². The van der Waals surface area contributed by atoms with Gasteiger partial charge in [0.05, 0.1) is 19.8 Å². The van der Waals surface area contributed by atoms with Crippen LogP contribution >= 0.6 is 24.0 Å². The number of benzene rings is 1. The van der Waals surface area contributed by atoms with Crippen molar-refractivity contribution in [3.05, 3.63) is 54.2 Å². The molecule has 7 nitrogen and oxygen atoms in total. The lowest BCUT2D eigenvalue weighted by molar-refractivity contribution is 0.186. The number of guanidine groups is 1. The van der Waals surface area contributed by atoms with E-state index in [4.69, 9.17) is 4.74 Å².